The summed E-state index contributed by atoms with van der Waals surface area (Å²) in [5.41, 5.74) is 7.00. The molecule has 5 nitrogen and oxygen atoms in total. The molecular formula is C15H20FN5. The van der Waals surface area contributed by atoms with E-state index in [9.17, 15) is 4.39 Å². The molecule has 1 aromatic heterocycles. The molecule has 0 spiro atoms. The van der Waals surface area contributed by atoms with Crippen LogP contribution in [0.3, 0.4) is 0 Å². The van der Waals surface area contributed by atoms with Gasteiger partial charge in [-0.15, -0.1) is 5.10 Å². The summed E-state index contributed by atoms with van der Waals surface area (Å²) in [4.78, 5) is 0. The molecular weight excluding hydrogens is 269 g/mol. The summed E-state index contributed by atoms with van der Waals surface area (Å²) in [6, 6.07) is 4.54. The number of nitrogens with zero attached hydrogens (tertiary/aromatic N) is 4. The zero-order valence-corrected chi connectivity index (χ0v) is 12.3. The Morgan fingerprint density at radius 2 is 2.05 bits per heavy atom. The molecule has 0 amide bonds. The van der Waals surface area contributed by atoms with Crippen LogP contribution in [0.2, 0.25) is 0 Å². The van der Waals surface area contributed by atoms with Crippen molar-refractivity contribution in [2.75, 3.05) is 5.73 Å². The summed E-state index contributed by atoms with van der Waals surface area (Å²) >= 11 is 0. The van der Waals surface area contributed by atoms with Gasteiger partial charge in [0.25, 0.3) is 0 Å². The summed E-state index contributed by atoms with van der Waals surface area (Å²) in [6.07, 6.45) is 3.23. The van der Waals surface area contributed by atoms with Crippen molar-refractivity contribution >= 4 is 5.69 Å². The average Bonchev–Trinajstić information content (AvgIpc) is 2.93. The molecule has 21 heavy (non-hydrogen) atoms. The fourth-order valence-electron chi connectivity index (χ4n) is 3.08. The number of rotatable bonds is 2. The van der Waals surface area contributed by atoms with Crippen LogP contribution in [-0.4, -0.2) is 20.2 Å². The Labute approximate surface area is 123 Å². The van der Waals surface area contributed by atoms with E-state index < -0.39 is 0 Å². The third kappa shape index (κ3) is 2.62. The highest BCUT2D eigenvalue weighted by Crippen LogP contribution is 2.37. The number of aromatic nitrogens is 4. The van der Waals surface area contributed by atoms with Crippen LogP contribution >= 0.6 is 0 Å². The Kier molecular flexibility index (Phi) is 3.61. The molecule has 1 heterocycles. The van der Waals surface area contributed by atoms with Crippen LogP contribution in [-0.2, 0) is 0 Å². The normalized spacial score (nSPS) is 26.0. The van der Waals surface area contributed by atoms with Crippen LogP contribution in [0.15, 0.2) is 18.2 Å². The Balaban J connectivity index is 1.96. The third-order valence-corrected chi connectivity index (χ3v) is 4.67. The largest absolute Gasteiger partial charge is 0.398 e. The zero-order valence-electron chi connectivity index (χ0n) is 12.3. The number of nitrogen functional groups attached to an aromatic ring is 1. The standard InChI is InChI=1S/C15H20FN5/c1-9-3-5-12(7-10(9)2)21-15(18-19-20-21)13-8-11(16)4-6-14(13)17/h4,6,8-10,12H,3,5,7,17H2,1-2H3. The van der Waals surface area contributed by atoms with Crippen molar-refractivity contribution in [3.8, 4) is 11.4 Å². The monoisotopic (exact) mass is 289 g/mol. The molecule has 1 fully saturated rings. The average molecular weight is 289 g/mol. The Morgan fingerprint density at radius 3 is 2.81 bits per heavy atom. The van der Waals surface area contributed by atoms with Gasteiger partial charge in [0, 0.05) is 11.3 Å². The fraction of sp³-hybridized carbons (Fsp3) is 0.533. The second-order valence-corrected chi connectivity index (χ2v) is 6.10. The Morgan fingerprint density at radius 1 is 1.24 bits per heavy atom. The molecule has 0 saturated heterocycles. The molecule has 6 heteroatoms. The van der Waals surface area contributed by atoms with Crippen molar-refractivity contribution in [2.45, 2.75) is 39.2 Å². The third-order valence-electron chi connectivity index (χ3n) is 4.67. The van der Waals surface area contributed by atoms with E-state index in [1.165, 1.54) is 12.1 Å². The summed E-state index contributed by atoms with van der Waals surface area (Å²) in [6.45, 7) is 4.54. The van der Waals surface area contributed by atoms with E-state index >= 15 is 0 Å². The number of halogens is 1. The van der Waals surface area contributed by atoms with Crippen LogP contribution in [0.25, 0.3) is 11.4 Å². The highest BCUT2D eigenvalue weighted by Gasteiger charge is 2.28. The first-order valence-corrected chi connectivity index (χ1v) is 7.39. The van der Waals surface area contributed by atoms with Crippen molar-refractivity contribution in [3.63, 3.8) is 0 Å². The minimum absolute atomic E-state index is 0.254. The van der Waals surface area contributed by atoms with Crippen molar-refractivity contribution in [1.29, 1.82) is 0 Å². The lowest BCUT2D eigenvalue weighted by molar-refractivity contribution is 0.200. The molecule has 2 aromatic rings. The maximum absolute atomic E-state index is 13.5. The van der Waals surface area contributed by atoms with Crippen LogP contribution in [0.1, 0.15) is 39.2 Å². The molecule has 2 N–H and O–H groups in total. The van der Waals surface area contributed by atoms with Crippen LogP contribution in [0, 0.1) is 17.7 Å². The zero-order chi connectivity index (χ0) is 15.0. The van der Waals surface area contributed by atoms with Crippen molar-refractivity contribution < 1.29 is 4.39 Å². The molecule has 0 radical (unpaired) electrons. The van der Waals surface area contributed by atoms with Crippen molar-refractivity contribution in [3.05, 3.63) is 24.0 Å². The number of tetrazole rings is 1. The van der Waals surface area contributed by atoms with E-state index in [0.29, 0.717) is 23.0 Å². The number of hydrogen-bond acceptors (Lipinski definition) is 4. The maximum atomic E-state index is 13.5. The first-order chi connectivity index (χ1) is 10.1. The smallest absolute Gasteiger partial charge is 0.184 e. The minimum Gasteiger partial charge on any atom is -0.398 e. The number of anilines is 1. The molecule has 1 aliphatic rings. The summed E-state index contributed by atoms with van der Waals surface area (Å²) in [5, 5.41) is 12.0. The van der Waals surface area contributed by atoms with Crippen LogP contribution in [0.4, 0.5) is 10.1 Å². The first kappa shape index (κ1) is 14.0. The highest BCUT2D eigenvalue weighted by molar-refractivity contribution is 5.71. The van der Waals surface area contributed by atoms with Gasteiger partial charge in [0.1, 0.15) is 5.82 Å². The lowest BCUT2D eigenvalue weighted by Gasteiger charge is -2.32. The lowest BCUT2D eigenvalue weighted by atomic mass is 9.79. The number of nitrogens with two attached hydrogens (primary N) is 1. The predicted molar refractivity (Wildman–Crippen MR) is 78.8 cm³/mol. The molecule has 3 rings (SSSR count). The molecule has 1 saturated carbocycles. The molecule has 1 aromatic carbocycles. The molecule has 0 bridgehead atoms. The fourth-order valence-corrected chi connectivity index (χ4v) is 3.08. The van der Waals surface area contributed by atoms with Gasteiger partial charge < -0.3 is 5.73 Å². The van der Waals surface area contributed by atoms with Crippen molar-refractivity contribution in [2.24, 2.45) is 11.8 Å². The van der Waals surface area contributed by atoms with Gasteiger partial charge in [0.2, 0.25) is 0 Å². The summed E-state index contributed by atoms with van der Waals surface area (Å²) < 4.78 is 15.3. The van der Waals surface area contributed by atoms with E-state index in [4.69, 9.17) is 5.73 Å². The van der Waals surface area contributed by atoms with Crippen LogP contribution < -0.4 is 5.73 Å². The molecule has 1 aliphatic carbocycles. The van der Waals surface area contributed by atoms with Gasteiger partial charge in [0.05, 0.1) is 6.04 Å². The van der Waals surface area contributed by atoms with E-state index in [1.54, 1.807) is 6.07 Å². The number of benzene rings is 1. The second kappa shape index (κ2) is 5.42. The van der Waals surface area contributed by atoms with E-state index in [2.05, 4.69) is 29.4 Å². The molecule has 3 unspecified atom stereocenters. The van der Waals surface area contributed by atoms with Gasteiger partial charge in [-0.3, -0.25) is 0 Å². The summed E-state index contributed by atoms with van der Waals surface area (Å²) in [5.74, 6) is 1.57. The molecule has 0 aliphatic heterocycles. The second-order valence-electron chi connectivity index (χ2n) is 6.10. The maximum Gasteiger partial charge on any atom is 0.184 e. The van der Waals surface area contributed by atoms with Gasteiger partial charge in [-0.1, -0.05) is 13.8 Å². The van der Waals surface area contributed by atoms with E-state index in [-0.39, 0.29) is 11.9 Å². The topological polar surface area (TPSA) is 69.6 Å². The van der Waals surface area contributed by atoms with Crippen molar-refractivity contribution in [1.82, 2.24) is 20.2 Å². The van der Waals surface area contributed by atoms with E-state index in [1.807, 2.05) is 4.68 Å². The Hall–Kier alpha value is -1.98. The number of hydrogen-bond donors (Lipinski definition) is 1. The highest BCUT2D eigenvalue weighted by atomic mass is 19.1. The van der Waals surface area contributed by atoms with Gasteiger partial charge in [0.15, 0.2) is 5.82 Å². The van der Waals surface area contributed by atoms with Gasteiger partial charge >= 0.3 is 0 Å². The van der Waals surface area contributed by atoms with Gasteiger partial charge in [-0.25, -0.2) is 9.07 Å². The Bertz CT molecular complexity index is 639. The summed E-state index contributed by atoms with van der Waals surface area (Å²) in [7, 11) is 0. The molecule has 112 valence electrons. The SMILES string of the molecule is CC1CCC(n2nnnc2-c2cc(F)ccc2N)CC1C. The first-order valence-electron chi connectivity index (χ1n) is 7.39. The van der Waals surface area contributed by atoms with Gasteiger partial charge in [-0.05, 0) is 59.7 Å². The minimum atomic E-state index is -0.334. The van der Waals surface area contributed by atoms with Gasteiger partial charge in [-0.2, -0.15) is 0 Å². The van der Waals surface area contributed by atoms with Crippen LogP contribution in [0.5, 0.6) is 0 Å². The lowest BCUT2D eigenvalue weighted by Crippen LogP contribution is -2.24. The molecule has 3 atom stereocenters. The quantitative estimate of drug-likeness (QED) is 0.863. The van der Waals surface area contributed by atoms with E-state index in [0.717, 1.165) is 25.2 Å². The predicted octanol–water partition coefficient (Wildman–Crippen LogP) is 3.06.